The fourth-order valence-electron chi connectivity index (χ4n) is 2.81. The van der Waals surface area contributed by atoms with E-state index in [0.29, 0.717) is 30.0 Å². The molecule has 4 N–H and O–H groups in total. The number of rotatable bonds is 6. The molecule has 0 fully saturated rings. The Kier molecular flexibility index (Phi) is 5.54. The average Bonchev–Trinajstić information content (AvgIpc) is 2.50. The summed E-state index contributed by atoms with van der Waals surface area (Å²) >= 11 is 0. The first-order chi connectivity index (χ1) is 11.3. The van der Waals surface area contributed by atoms with E-state index in [0.717, 1.165) is 23.9 Å². The fraction of sp³-hybridized carbons (Fsp3) is 0.526. The molecule has 0 aliphatic heterocycles. The summed E-state index contributed by atoms with van der Waals surface area (Å²) < 4.78 is 7.82. The number of aromatic nitrogens is 1. The molecule has 2 rings (SSSR count). The zero-order valence-electron chi connectivity index (χ0n) is 15.2. The van der Waals surface area contributed by atoms with Gasteiger partial charge >= 0.3 is 0 Å². The molecular formula is C19H29N3O2. The van der Waals surface area contributed by atoms with Crippen molar-refractivity contribution in [3.63, 3.8) is 0 Å². The van der Waals surface area contributed by atoms with E-state index in [1.165, 1.54) is 0 Å². The first-order valence-corrected chi connectivity index (χ1v) is 8.56. The maximum atomic E-state index is 13.0. The van der Waals surface area contributed by atoms with Gasteiger partial charge in [-0.15, -0.1) is 0 Å². The van der Waals surface area contributed by atoms with Crippen LogP contribution in [0.4, 0.5) is 5.69 Å². The molecule has 0 saturated heterocycles. The first-order valence-electron chi connectivity index (χ1n) is 8.56. The van der Waals surface area contributed by atoms with Crippen LogP contribution >= 0.6 is 0 Å². The summed E-state index contributed by atoms with van der Waals surface area (Å²) in [5.74, 6) is 0.692. The molecule has 0 bridgehead atoms. The van der Waals surface area contributed by atoms with Crippen molar-refractivity contribution in [2.45, 2.75) is 53.6 Å². The number of hydrogen-bond acceptors (Lipinski definition) is 4. The van der Waals surface area contributed by atoms with Gasteiger partial charge < -0.3 is 20.8 Å². The molecule has 0 saturated carbocycles. The Hall–Kier alpha value is -2.01. The third kappa shape index (κ3) is 3.90. The van der Waals surface area contributed by atoms with Crippen LogP contribution in [0.2, 0.25) is 0 Å². The van der Waals surface area contributed by atoms with Crippen LogP contribution in [0.1, 0.15) is 46.2 Å². The van der Waals surface area contributed by atoms with Crippen molar-refractivity contribution >= 4 is 16.5 Å². The van der Waals surface area contributed by atoms with E-state index in [9.17, 15) is 4.79 Å². The van der Waals surface area contributed by atoms with E-state index in [1.807, 2.05) is 0 Å². The highest BCUT2D eigenvalue weighted by Crippen LogP contribution is 2.31. The van der Waals surface area contributed by atoms with Crippen LogP contribution in [0, 0.1) is 5.41 Å². The summed E-state index contributed by atoms with van der Waals surface area (Å²) in [5.41, 5.74) is 13.2. The summed E-state index contributed by atoms with van der Waals surface area (Å²) in [4.78, 5) is 13.0. The van der Waals surface area contributed by atoms with Gasteiger partial charge in [-0.05, 0) is 30.0 Å². The number of hydrogen-bond donors (Lipinski definition) is 2. The summed E-state index contributed by atoms with van der Waals surface area (Å²) in [5, 5.41) is 1.37. The average molecular weight is 331 g/mol. The largest absolute Gasteiger partial charge is 0.491 e. The van der Waals surface area contributed by atoms with Gasteiger partial charge in [0.05, 0.1) is 17.7 Å². The van der Waals surface area contributed by atoms with Gasteiger partial charge in [0.2, 0.25) is 0 Å². The molecule has 0 atom stereocenters. The molecule has 0 unspecified atom stereocenters. The molecule has 0 spiro atoms. The Bertz CT molecular complexity index is 773. The second-order valence-electron chi connectivity index (χ2n) is 7.44. The highest BCUT2D eigenvalue weighted by Gasteiger charge is 2.21. The summed E-state index contributed by atoms with van der Waals surface area (Å²) in [6, 6.07) is 5.33. The van der Waals surface area contributed by atoms with Crippen LogP contribution in [0.25, 0.3) is 10.8 Å². The van der Waals surface area contributed by atoms with Crippen molar-refractivity contribution in [2.24, 2.45) is 11.1 Å². The first kappa shape index (κ1) is 18.3. The summed E-state index contributed by atoms with van der Waals surface area (Å²) in [7, 11) is 0. The van der Waals surface area contributed by atoms with Gasteiger partial charge in [-0.1, -0.05) is 34.1 Å². The molecule has 2 aromatic rings. The lowest BCUT2D eigenvalue weighted by molar-refractivity contribution is 0.295. The number of fused-ring (bicyclic) bond motifs is 1. The van der Waals surface area contributed by atoms with Crippen LogP contribution < -0.4 is 21.8 Å². The highest BCUT2D eigenvalue weighted by atomic mass is 16.5. The Morgan fingerprint density at radius 2 is 1.92 bits per heavy atom. The predicted molar refractivity (Wildman–Crippen MR) is 100 cm³/mol. The van der Waals surface area contributed by atoms with Crippen LogP contribution in [-0.2, 0) is 13.1 Å². The van der Waals surface area contributed by atoms with Crippen LogP contribution in [-0.4, -0.2) is 11.2 Å². The summed E-state index contributed by atoms with van der Waals surface area (Å²) in [6.45, 7) is 9.85. The summed E-state index contributed by atoms with van der Waals surface area (Å²) in [6.07, 6.45) is 1.99. The van der Waals surface area contributed by atoms with E-state index in [-0.39, 0.29) is 17.5 Å². The minimum Gasteiger partial charge on any atom is -0.491 e. The molecule has 5 nitrogen and oxygen atoms in total. The maximum absolute atomic E-state index is 13.0. The second-order valence-corrected chi connectivity index (χ2v) is 7.44. The molecule has 1 heterocycles. The standard InChI is InChI=1S/C19H29N3O2/c1-5-6-9-24-17-15-10-13(21)7-8-14(15)18(23)22(16(17)11-20)12-19(2,3)4/h7-8,10H,5-6,9,11-12,20-21H2,1-4H3. The van der Waals surface area contributed by atoms with Gasteiger partial charge in [0.15, 0.2) is 0 Å². The Balaban J connectivity index is 2.74. The minimum absolute atomic E-state index is 0.0387. The molecule has 24 heavy (non-hydrogen) atoms. The normalized spacial score (nSPS) is 11.9. The van der Waals surface area contributed by atoms with Gasteiger partial charge in [0, 0.05) is 24.2 Å². The van der Waals surface area contributed by atoms with Gasteiger partial charge in [0.25, 0.3) is 5.56 Å². The number of ether oxygens (including phenoxy) is 1. The minimum atomic E-state index is -0.0457. The lowest BCUT2D eigenvalue weighted by Gasteiger charge is -2.25. The lowest BCUT2D eigenvalue weighted by Crippen LogP contribution is -2.31. The van der Waals surface area contributed by atoms with Crippen molar-refractivity contribution in [2.75, 3.05) is 12.3 Å². The predicted octanol–water partition coefficient (Wildman–Crippen LogP) is 3.27. The fourth-order valence-corrected chi connectivity index (χ4v) is 2.81. The molecular weight excluding hydrogens is 302 g/mol. The SMILES string of the molecule is CCCCOc1c(CN)n(CC(C)(C)C)c(=O)c2ccc(N)cc12. The Morgan fingerprint density at radius 1 is 1.21 bits per heavy atom. The van der Waals surface area contributed by atoms with Crippen LogP contribution in [0.3, 0.4) is 0 Å². The Morgan fingerprint density at radius 3 is 2.50 bits per heavy atom. The number of nitrogens with two attached hydrogens (primary N) is 2. The van der Waals surface area contributed by atoms with Crippen molar-refractivity contribution in [1.29, 1.82) is 0 Å². The zero-order chi connectivity index (χ0) is 17.9. The van der Waals surface area contributed by atoms with E-state index in [2.05, 4.69) is 27.7 Å². The molecule has 5 heteroatoms. The molecule has 0 aliphatic carbocycles. The Labute approximate surface area is 143 Å². The molecule has 1 aromatic heterocycles. The number of pyridine rings is 1. The van der Waals surface area contributed by atoms with Crippen molar-refractivity contribution in [3.05, 3.63) is 34.2 Å². The molecule has 132 valence electrons. The molecule has 0 amide bonds. The van der Waals surface area contributed by atoms with Gasteiger partial charge in [-0.3, -0.25) is 4.79 Å². The zero-order valence-corrected chi connectivity index (χ0v) is 15.2. The van der Waals surface area contributed by atoms with Crippen molar-refractivity contribution < 1.29 is 4.74 Å². The van der Waals surface area contributed by atoms with Crippen molar-refractivity contribution in [3.8, 4) is 5.75 Å². The molecule has 1 aromatic carbocycles. The van der Waals surface area contributed by atoms with E-state index in [4.69, 9.17) is 16.2 Å². The van der Waals surface area contributed by atoms with Gasteiger partial charge in [-0.2, -0.15) is 0 Å². The third-order valence-electron chi connectivity index (χ3n) is 3.92. The number of unbranched alkanes of at least 4 members (excludes halogenated alkanes) is 1. The second kappa shape index (κ2) is 7.26. The van der Waals surface area contributed by atoms with Crippen LogP contribution in [0.15, 0.2) is 23.0 Å². The number of nitrogens with zero attached hydrogens (tertiary/aromatic N) is 1. The van der Waals surface area contributed by atoms with Crippen LogP contribution in [0.5, 0.6) is 5.75 Å². The molecule has 0 radical (unpaired) electrons. The topological polar surface area (TPSA) is 83.3 Å². The maximum Gasteiger partial charge on any atom is 0.258 e. The monoisotopic (exact) mass is 331 g/mol. The smallest absolute Gasteiger partial charge is 0.258 e. The number of benzene rings is 1. The lowest BCUT2D eigenvalue weighted by atomic mass is 9.96. The third-order valence-corrected chi connectivity index (χ3v) is 3.92. The van der Waals surface area contributed by atoms with Gasteiger partial charge in [0.1, 0.15) is 5.75 Å². The quantitative estimate of drug-likeness (QED) is 0.628. The van der Waals surface area contributed by atoms with Crippen molar-refractivity contribution in [1.82, 2.24) is 4.57 Å². The van der Waals surface area contributed by atoms with E-state index < -0.39 is 0 Å². The number of anilines is 1. The van der Waals surface area contributed by atoms with E-state index in [1.54, 1.807) is 22.8 Å². The highest BCUT2D eigenvalue weighted by molar-refractivity contribution is 5.90. The molecule has 0 aliphatic rings. The number of nitrogen functional groups attached to an aromatic ring is 1. The van der Waals surface area contributed by atoms with Gasteiger partial charge in [-0.25, -0.2) is 0 Å². The van der Waals surface area contributed by atoms with E-state index >= 15 is 0 Å².